The van der Waals surface area contributed by atoms with Crippen LogP contribution in [0.15, 0.2) is 83.3 Å². The summed E-state index contributed by atoms with van der Waals surface area (Å²) >= 11 is 3.49. The number of rotatable bonds is 15. The zero-order valence-corrected chi connectivity index (χ0v) is 30.2. The molecular formula is C35H40N3O6S4+. The fourth-order valence-electron chi connectivity index (χ4n) is 6.30. The molecule has 0 aliphatic carbocycles. The molecule has 5 aromatic rings. The molecule has 6 rings (SSSR count). The van der Waals surface area contributed by atoms with E-state index in [1.54, 1.807) is 18.3 Å². The van der Waals surface area contributed by atoms with E-state index >= 15 is 0 Å². The van der Waals surface area contributed by atoms with Gasteiger partial charge >= 0.3 is 0 Å². The first-order valence-corrected chi connectivity index (χ1v) is 21.0. The van der Waals surface area contributed by atoms with Crippen molar-refractivity contribution in [2.24, 2.45) is 0 Å². The van der Waals surface area contributed by atoms with Gasteiger partial charge in [0.25, 0.3) is 25.2 Å². The molecule has 4 aromatic carbocycles. The number of thioether (sulfide) groups is 1. The summed E-state index contributed by atoms with van der Waals surface area (Å²) in [6.07, 6.45) is 4.50. The van der Waals surface area contributed by atoms with Gasteiger partial charge in [-0.2, -0.15) is 31.2 Å². The fraction of sp³-hybridized carbons (Fsp3) is 0.343. The Bertz CT molecular complexity index is 2200. The molecule has 13 heteroatoms. The van der Waals surface area contributed by atoms with Gasteiger partial charge < -0.3 is 4.90 Å². The fourth-order valence-corrected chi connectivity index (χ4v) is 10.3. The molecule has 254 valence electrons. The van der Waals surface area contributed by atoms with Crippen LogP contribution in [0.5, 0.6) is 0 Å². The van der Waals surface area contributed by atoms with E-state index in [0.29, 0.717) is 26.1 Å². The molecule has 48 heavy (non-hydrogen) atoms. The third kappa shape index (κ3) is 7.88. The summed E-state index contributed by atoms with van der Waals surface area (Å²) in [7, 11) is -7.78. The van der Waals surface area contributed by atoms with Gasteiger partial charge in [0, 0.05) is 35.9 Å². The van der Waals surface area contributed by atoms with Crippen LogP contribution >= 0.6 is 23.1 Å². The van der Waals surface area contributed by atoms with Gasteiger partial charge in [0.1, 0.15) is 4.70 Å². The Morgan fingerprint density at radius 1 is 0.938 bits per heavy atom. The van der Waals surface area contributed by atoms with E-state index in [1.165, 1.54) is 10.5 Å². The highest BCUT2D eigenvalue weighted by atomic mass is 32.2. The van der Waals surface area contributed by atoms with E-state index in [-0.39, 0.29) is 23.3 Å². The number of nitrogens with zero attached hydrogens (tertiary/aromatic N) is 2. The molecule has 2 heterocycles. The number of thiazole rings is 1. The topological polar surface area (TPSA) is 117 Å². The molecule has 2 N–H and O–H groups in total. The lowest BCUT2D eigenvalue weighted by molar-refractivity contribution is -0.667. The molecular weight excluding hydrogens is 687 g/mol. The minimum absolute atomic E-state index is 0.0533. The Kier molecular flexibility index (Phi) is 10.8. The van der Waals surface area contributed by atoms with Crippen LogP contribution in [0.2, 0.25) is 0 Å². The van der Waals surface area contributed by atoms with E-state index in [1.807, 2.05) is 36.0 Å². The second-order valence-corrected chi connectivity index (χ2v) is 17.4. The summed E-state index contributed by atoms with van der Waals surface area (Å²) in [4.78, 5) is 3.53. The van der Waals surface area contributed by atoms with Crippen LogP contribution in [0.3, 0.4) is 0 Å². The van der Waals surface area contributed by atoms with Gasteiger partial charge in [-0.3, -0.25) is 4.55 Å². The Hall–Kier alpha value is -3.04. The molecule has 0 bridgehead atoms. The number of hydroxylamine groups is 1. The van der Waals surface area contributed by atoms with Gasteiger partial charge in [-0.15, -0.1) is 0 Å². The van der Waals surface area contributed by atoms with Crippen molar-refractivity contribution in [3.05, 3.63) is 83.4 Å². The Labute approximate surface area is 290 Å². The van der Waals surface area contributed by atoms with Gasteiger partial charge in [-0.05, 0) is 48.2 Å². The smallest absolute Gasteiger partial charge is 0.283 e. The molecule has 0 radical (unpaired) electrons. The molecule has 0 saturated carbocycles. The first kappa shape index (κ1) is 34.8. The van der Waals surface area contributed by atoms with E-state index < -0.39 is 20.2 Å². The molecule has 1 aliphatic rings. The van der Waals surface area contributed by atoms with Crippen molar-refractivity contribution in [2.45, 2.75) is 56.3 Å². The number of benzene rings is 4. The standard InChI is InChI=1S/C35H39N3O6S4/c1-3-25(23-32-37(19-9-21-47(39,40)41)34-28-13-7-5-11-26(28)15-17-30(34)45-32)24-33-38(20-10-22-48(42,43)44-36-4-2)35-29-14-8-6-12-27(29)16-18-31(35)46-33/h5-8,11-18,23,33,36H,3-4,9-10,19-22,24H2,1-2H3/p+1. The zero-order valence-electron chi connectivity index (χ0n) is 27.0. The highest BCUT2D eigenvalue weighted by molar-refractivity contribution is 8.00. The van der Waals surface area contributed by atoms with Crippen molar-refractivity contribution in [1.29, 1.82) is 0 Å². The SMILES string of the molecule is CCNOS(=O)(=O)CCCN1c2c(ccc3ccccc23)SC1CC(=Cc1sc2ccc3ccccc3c2[n+]1CCCS(=O)(=O)O)CC. The molecule has 0 saturated heterocycles. The second kappa shape index (κ2) is 14.8. The van der Waals surface area contributed by atoms with Crippen LogP contribution in [-0.4, -0.2) is 51.4 Å². The third-order valence-corrected chi connectivity index (χ3v) is 12.8. The Balaban J connectivity index is 1.34. The van der Waals surface area contributed by atoms with Crippen LogP contribution in [0, 0.1) is 0 Å². The van der Waals surface area contributed by atoms with E-state index in [2.05, 4.69) is 76.5 Å². The largest absolute Gasteiger partial charge is 0.357 e. The quantitative estimate of drug-likeness (QED) is 0.0659. The maximum absolute atomic E-state index is 12.5. The highest BCUT2D eigenvalue weighted by Gasteiger charge is 2.33. The van der Waals surface area contributed by atoms with Crippen molar-refractivity contribution < 1.29 is 30.2 Å². The monoisotopic (exact) mass is 726 g/mol. The van der Waals surface area contributed by atoms with E-state index in [9.17, 15) is 21.4 Å². The number of nitrogens with one attached hydrogen (secondary N) is 1. The van der Waals surface area contributed by atoms with Crippen molar-refractivity contribution in [2.75, 3.05) is 29.5 Å². The zero-order chi connectivity index (χ0) is 33.9. The number of aryl methyl sites for hydroxylation is 1. The predicted octanol–water partition coefficient (Wildman–Crippen LogP) is 7.16. The molecule has 0 amide bonds. The van der Waals surface area contributed by atoms with E-state index in [0.717, 1.165) is 55.3 Å². The van der Waals surface area contributed by atoms with Crippen molar-refractivity contribution >= 4 is 86.9 Å². The molecule has 1 aromatic heterocycles. The maximum Gasteiger partial charge on any atom is 0.283 e. The molecule has 0 fully saturated rings. The number of aromatic nitrogens is 1. The maximum atomic E-state index is 12.5. The van der Waals surface area contributed by atoms with Crippen LogP contribution in [0.1, 0.15) is 44.5 Å². The third-order valence-electron chi connectivity index (χ3n) is 8.50. The molecule has 1 unspecified atom stereocenters. The number of hydrogen-bond acceptors (Lipinski definition) is 9. The van der Waals surface area contributed by atoms with Crippen LogP contribution < -0.4 is 14.9 Å². The lowest BCUT2D eigenvalue weighted by Crippen LogP contribution is -2.36. The van der Waals surface area contributed by atoms with E-state index in [4.69, 9.17) is 4.28 Å². The van der Waals surface area contributed by atoms with Crippen molar-refractivity contribution in [1.82, 2.24) is 5.48 Å². The summed E-state index contributed by atoms with van der Waals surface area (Å²) in [5.74, 6) is -0.398. The Morgan fingerprint density at radius 3 is 2.38 bits per heavy atom. The van der Waals surface area contributed by atoms with Crippen molar-refractivity contribution in [3.63, 3.8) is 0 Å². The van der Waals surface area contributed by atoms with Crippen molar-refractivity contribution in [3.8, 4) is 0 Å². The molecule has 0 spiro atoms. The Morgan fingerprint density at radius 2 is 1.65 bits per heavy atom. The average Bonchev–Trinajstić information content (AvgIpc) is 3.60. The number of anilines is 1. The number of fused-ring (bicyclic) bond motifs is 6. The molecule has 9 nitrogen and oxygen atoms in total. The lowest BCUT2D eigenvalue weighted by atomic mass is 10.1. The molecule has 1 atom stereocenters. The minimum atomic E-state index is -4.08. The van der Waals surface area contributed by atoms with Crippen LogP contribution in [0.4, 0.5) is 5.69 Å². The van der Waals surface area contributed by atoms with Gasteiger partial charge in [0.05, 0.1) is 28.0 Å². The van der Waals surface area contributed by atoms with Crippen LogP contribution in [0.25, 0.3) is 37.8 Å². The first-order chi connectivity index (χ1) is 23.1. The second-order valence-electron chi connectivity index (χ2n) is 11.8. The van der Waals surface area contributed by atoms with Gasteiger partial charge in [-0.1, -0.05) is 97.1 Å². The minimum Gasteiger partial charge on any atom is -0.357 e. The molecule has 1 aliphatic heterocycles. The van der Waals surface area contributed by atoms with Gasteiger partial charge in [0.15, 0.2) is 6.54 Å². The summed E-state index contributed by atoms with van der Waals surface area (Å²) in [5, 5.41) is 5.57. The average molecular weight is 727 g/mol. The summed E-state index contributed by atoms with van der Waals surface area (Å²) in [6, 6.07) is 25.0. The van der Waals surface area contributed by atoms with Gasteiger partial charge in [-0.25, -0.2) is 0 Å². The van der Waals surface area contributed by atoms with Crippen LogP contribution in [-0.2, 0) is 31.1 Å². The first-order valence-electron chi connectivity index (χ1n) is 16.1. The lowest BCUT2D eigenvalue weighted by Gasteiger charge is -2.28. The summed E-state index contributed by atoms with van der Waals surface area (Å²) < 4.78 is 65.8. The highest BCUT2D eigenvalue weighted by Crippen LogP contribution is 2.49. The summed E-state index contributed by atoms with van der Waals surface area (Å²) in [5.41, 5.74) is 5.89. The predicted molar refractivity (Wildman–Crippen MR) is 198 cm³/mol. The number of hydrogen-bond donors (Lipinski definition) is 2. The summed E-state index contributed by atoms with van der Waals surface area (Å²) in [6.45, 7) is 5.32. The van der Waals surface area contributed by atoms with Gasteiger partial charge in [0.2, 0.25) is 5.52 Å². The normalized spacial score (nSPS) is 15.6.